The Labute approximate surface area is 168 Å². The van der Waals surface area contributed by atoms with E-state index in [1.807, 2.05) is 6.08 Å². The van der Waals surface area contributed by atoms with Gasteiger partial charge < -0.3 is 25.0 Å². The van der Waals surface area contributed by atoms with Crippen molar-refractivity contribution in [2.75, 3.05) is 13.2 Å². The van der Waals surface area contributed by atoms with E-state index in [2.05, 4.69) is 19.9 Å². The first-order chi connectivity index (χ1) is 13.4. The topological polar surface area (TPSA) is 90.2 Å². The molecule has 7 atom stereocenters. The summed E-state index contributed by atoms with van der Waals surface area (Å²) in [6.07, 6.45) is 8.54. The van der Waals surface area contributed by atoms with Crippen molar-refractivity contribution in [2.45, 2.75) is 89.2 Å². The normalized spacial score (nSPS) is 40.0. The minimum absolute atomic E-state index is 0.114. The van der Waals surface area contributed by atoms with Gasteiger partial charge in [0.1, 0.15) is 17.4 Å². The van der Waals surface area contributed by atoms with Gasteiger partial charge in [-0.1, -0.05) is 32.4 Å². The van der Waals surface area contributed by atoms with Crippen LogP contribution in [0.3, 0.4) is 0 Å². The molecule has 28 heavy (non-hydrogen) atoms. The van der Waals surface area contributed by atoms with Crippen LogP contribution in [0.25, 0.3) is 0 Å². The second kappa shape index (κ2) is 8.42. The first-order valence-electron chi connectivity index (χ1n) is 11.0. The molecule has 6 nitrogen and oxygen atoms in total. The lowest BCUT2D eigenvalue weighted by atomic mass is 9.68. The summed E-state index contributed by atoms with van der Waals surface area (Å²) in [7, 11) is 0. The van der Waals surface area contributed by atoms with E-state index in [1.165, 1.54) is 0 Å². The highest BCUT2D eigenvalue weighted by atomic mass is 16.5. The molecular formula is C22H37NO5. The number of rotatable bonds is 8. The summed E-state index contributed by atoms with van der Waals surface area (Å²) in [6, 6.07) is 0. The number of amides is 1. The van der Waals surface area contributed by atoms with Gasteiger partial charge in [0.2, 0.25) is 5.91 Å². The first-order valence-corrected chi connectivity index (χ1v) is 11.0. The van der Waals surface area contributed by atoms with E-state index in [9.17, 15) is 20.1 Å². The van der Waals surface area contributed by atoms with Crippen LogP contribution >= 0.6 is 0 Å². The molecule has 2 heterocycles. The number of hydrogen-bond donors (Lipinski definition) is 3. The largest absolute Gasteiger partial charge is 0.396 e. The molecule has 2 fully saturated rings. The highest BCUT2D eigenvalue weighted by Gasteiger charge is 2.73. The smallest absolute Gasteiger partial charge is 0.231 e. The summed E-state index contributed by atoms with van der Waals surface area (Å²) in [5, 5.41) is 32.7. The molecule has 160 valence electrons. The zero-order valence-electron chi connectivity index (χ0n) is 17.5. The van der Waals surface area contributed by atoms with E-state index in [0.29, 0.717) is 0 Å². The van der Waals surface area contributed by atoms with Gasteiger partial charge in [-0.25, -0.2) is 0 Å². The summed E-state index contributed by atoms with van der Waals surface area (Å²) in [6.45, 7) is 5.81. The molecule has 0 radical (unpaired) electrons. The Kier molecular flexibility index (Phi) is 6.54. The van der Waals surface area contributed by atoms with Crippen molar-refractivity contribution in [2.24, 2.45) is 17.8 Å². The summed E-state index contributed by atoms with van der Waals surface area (Å²) >= 11 is 0. The monoisotopic (exact) mass is 395 g/mol. The average Bonchev–Trinajstić information content (AvgIpc) is 3.17. The van der Waals surface area contributed by atoms with Crippen molar-refractivity contribution in [1.29, 1.82) is 0 Å². The molecule has 0 aromatic heterocycles. The molecule has 3 N–H and O–H groups in total. The van der Waals surface area contributed by atoms with Crippen LogP contribution in [0.15, 0.2) is 12.2 Å². The van der Waals surface area contributed by atoms with E-state index >= 15 is 0 Å². The van der Waals surface area contributed by atoms with Crippen LogP contribution in [-0.4, -0.2) is 62.8 Å². The van der Waals surface area contributed by atoms with Gasteiger partial charge in [-0.2, -0.15) is 0 Å². The Balaban J connectivity index is 2.05. The minimum atomic E-state index is -1.48. The molecule has 3 rings (SSSR count). The Morgan fingerprint density at radius 3 is 2.71 bits per heavy atom. The standard InChI is InChI=1S/C22H37NO5/c1-4-9-15(5-2)20-23-19(26)17(12-13-24)21(3,27)22(23,14-28-20)18(25)16-10-7-6-8-11-16/h7,10,15-18,20,24-25,27H,4-6,8-9,11-14H2,1-3H3/t15?,16-,17+,18+,20+,21+,22-/m1/s1. The predicted octanol–water partition coefficient (Wildman–Crippen LogP) is 2.22. The van der Waals surface area contributed by atoms with Crippen molar-refractivity contribution < 1.29 is 24.9 Å². The number of carbonyl (C=O) groups excluding carboxylic acids is 1. The van der Waals surface area contributed by atoms with E-state index in [1.54, 1.807) is 11.8 Å². The number of aliphatic hydroxyl groups is 3. The maximum absolute atomic E-state index is 13.5. The zero-order valence-corrected chi connectivity index (χ0v) is 17.5. The van der Waals surface area contributed by atoms with Crippen molar-refractivity contribution in [3.63, 3.8) is 0 Å². The van der Waals surface area contributed by atoms with Crippen molar-refractivity contribution in [3.05, 3.63) is 12.2 Å². The number of nitrogens with zero attached hydrogens (tertiary/aromatic N) is 1. The number of hydrogen-bond acceptors (Lipinski definition) is 5. The van der Waals surface area contributed by atoms with Crippen LogP contribution in [0.5, 0.6) is 0 Å². The Hall–Kier alpha value is -0.950. The maximum Gasteiger partial charge on any atom is 0.231 e. The first kappa shape index (κ1) is 21.8. The molecule has 2 saturated heterocycles. The zero-order chi connectivity index (χ0) is 20.5. The number of allylic oxidation sites excluding steroid dienone is 1. The highest BCUT2D eigenvalue weighted by Crippen LogP contribution is 2.54. The lowest BCUT2D eigenvalue weighted by molar-refractivity contribution is -0.146. The maximum atomic E-state index is 13.5. The third-order valence-corrected chi connectivity index (χ3v) is 7.44. The highest BCUT2D eigenvalue weighted by molar-refractivity contribution is 5.85. The summed E-state index contributed by atoms with van der Waals surface area (Å²) < 4.78 is 6.17. The average molecular weight is 396 g/mol. The molecule has 6 heteroatoms. The number of aliphatic hydroxyl groups excluding tert-OH is 2. The molecule has 0 bridgehead atoms. The van der Waals surface area contributed by atoms with Crippen LogP contribution in [-0.2, 0) is 9.53 Å². The van der Waals surface area contributed by atoms with Crippen molar-refractivity contribution >= 4 is 5.91 Å². The fourth-order valence-electron chi connectivity index (χ4n) is 5.79. The lowest BCUT2D eigenvalue weighted by Crippen LogP contribution is -2.67. The molecule has 0 aromatic carbocycles. The second-order valence-electron chi connectivity index (χ2n) is 8.97. The molecule has 0 aromatic rings. The Morgan fingerprint density at radius 2 is 2.14 bits per heavy atom. The second-order valence-corrected chi connectivity index (χ2v) is 8.97. The van der Waals surface area contributed by atoms with E-state index in [4.69, 9.17) is 4.74 Å². The van der Waals surface area contributed by atoms with Gasteiger partial charge in [0.15, 0.2) is 0 Å². The summed E-state index contributed by atoms with van der Waals surface area (Å²) in [5.41, 5.74) is -2.65. The molecule has 0 spiro atoms. The van der Waals surface area contributed by atoms with Gasteiger partial charge in [0, 0.05) is 18.4 Å². The van der Waals surface area contributed by atoms with Gasteiger partial charge >= 0.3 is 0 Å². The van der Waals surface area contributed by atoms with E-state index in [-0.39, 0.29) is 37.4 Å². The molecule has 2 aliphatic heterocycles. The summed E-state index contributed by atoms with van der Waals surface area (Å²) in [5.74, 6) is -0.884. The van der Waals surface area contributed by atoms with Crippen molar-refractivity contribution in [1.82, 2.24) is 4.90 Å². The fourth-order valence-corrected chi connectivity index (χ4v) is 5.79. The summed E-state index contributed by atoms with van der Waals surface area (Å²) in [4.78, 5) is 15.2. The fraction of sp³-hybridized carbons (Fsp3) is 0.864. The molecule has 1 amide bonds. The SMILES string of the molecule is CCCC(CC)[C@@H]1OC[C@]2([C@@H](O)[C@@H]3C=CCCC3)N1C(=O)[C@H](CCO)[C@]2(C)O. The third kappa shape index (κ3) is 3.13. The lowest BCUT2D eigenvalue weighted by Gasteiger charge is -2.47. The number of fused-ring (bicyclic) bond motifs is 1. The third-order valence-electron chi connectivity index (χ3n) is 7.44. The van der Waals surface area contributed by atoms with Crippen LogP contribution in [0.1, 0.15) is 65.7 Å². The van der Waals surface area contributed by atoms with Crippen LogP contribution in [0.2, 0.25) is 0 Å². The molecule has 1 aliphatic carbocycles. The van der Waals surface area contributed by atoms with Gasteiger partial charge in [-0.3, -0.25) is 4.79 Å². The van der Waals surface area contributed by atoms with Crippen molar-refractivity contribution in [3.8, 4) is 0 Å². The van der Waals surface area contributed by atoms with Crippen LogP contribution < -0.4 is 0 Å². The van der Waals surface area contributed by atoms with Gasteiger partial charge in [0.05, 0.1) is 18.6 Å². The number of carbonyl (C=O) groups is 1. The van der Waals surface area contributed by atoms with Gasteiger partial charge in [-0.05, 0) is 45.4 Å². The molecule has 0 saturated carbocycles. The van der Waals surface area contributed by atoms with Gasteiger partial charge in [-0.15, -0.1) is 0 Å². The quantitative estimate of drug-likeness (QED) is 0.548. The minimum Gasteiger partial charge on any atom is -0.396 e. The van der Waals surface area contributed by atoms with E-state index < -0.39 is 29.4 Å². The van der Waals surface area contributed by atoms with Crippen LogP contribution in [0, 0.1) is 17.8 Å². The Morgan fingerprint density at radius 1 is 1.39 bits per heavy atom. The molecular weight excluding hydrogens is 358 g/mol. The molecule has 1 unspecified atom stereocenters. The van der Waals surface area contributed by atoms with E-state index in [0.717, 1.165) is 38.5 Å². The predicted molar refractivity (Wildman–Crippen MR) is 106 cm³/mol. The van der Waals surface area contributed by atoms with Crippen LogP contribution in [0.4, 0.5) is 0 Å². The van der Waals surface area contributed by atoms with Gasteiger partial charge in [0.25, 0.3) is 0 Å². The number of ether oxygens (including phenoxy) is 1. The molecule has 3 aliphatic rings. The Bertz CT molecular complexity index is 591.